The molecule has 0 bridgehead atoms. The molecule has 2 aliphatic rings. The fourth-order valence-corrected chi connectivity index (χ4v) is 4.50. The highest BCUT2D eigenvalue weighted by molar-refractivity contribution is 6.30. The zero-order valence-corrected chi connectivity index (χ0v) is 18.8. The molecule has 32 heavy (non-hydrogen) atoms. The van der Waals surface area contributed by atoms with Crippen LogP contribution in [0.1, 0.15) is 35.4 Å². The first-order valence-corrected chi connectivity index (χ1v) is 10.7. The minimum Gasteiger partial charge on any atom is -0.496 e. The van der Waals surface area contributed by atoms with Crippen molar-refractivity contribution in [3.8, 4) is 23.0 Å². The molecule has 7 heteroatoms. The molecule has 3 aromatic carbocycles. The Bertz CT molecular complexity index is 1200. The third-order valence-electron chi connectivity index (χ3n) is 5.87. The van der Waals surface area contributed by atoms with Gasteiger partial charge in [0, 0.05) is 22.6 Å². The molecular formula is C25H23ClN2O4. The number of methoxy groups -OCH3 is 3. The van der Waals surface area contributed by atoms with E-state index < -0.39 is 6.23 Å². The maximum absolute atomic E-state index is 6.43. The summed E-state index contributed by atoms with van der Waals surface area (Å²) in [5, 5.41) is 7.67. The molecule has 0 aliphatic carbocycles. The summed E-state index contributed by atoms with van der Waals surface area (Å²) in [4.78, 5) is 0. The van der Waals surface area contributed by atoms with Crippen molar-refractivity contribution < 1.29 is 18.9 Å². The second-order valence-electron chi connectivity index (χ2n) is 7.61. The molecule has 0 amide bonds. The number of benzene rings is 3. The van der Waals surface area contributed by atoms with Crippen LogP contribution in [0.15, 0.2) is 65.8 Å². The number of ether oxygens (including phenoxy) is 4. The Balaban J connectivity index is 1.61. The van der Waals surface area contributed by atoms with Crippen LogP contribution in [0.5, 0.6) is 23.0 Å². The average molecular weight is 451 g/mol. The van der Waals surface area contributed by atoms with Gasteiger partial charge in [-0.05, 0) is 48.5 Å². The summed E-state index contributed by atoms with van der Waals surface area (Å²) in [5.41, 5.74) is 3.84. The predicted molar refractivity (Wildman–Crippen MR) is 123 cm³/mol. The Labute approximate surface area is 191 Å². The van der Waals surface area contributed by atoms with E-state index in [0.29, 0.717) is 22.9 Å². The Morgan fingerprint density at radius 1 is 0.875 bits per heavy atom. The van der Waals surface area contributed by atoms with Gasteiger partial charge in [0.05, 0.1) is 38.6 Å². The van der Waals surface area contributed by atoms with Crippen molar-refractivity contribution >= 4 is 17.3 Å². The van der Waals surface area contributed by atoms with Gasteiger partial charge in [0.2, 0.25) is 6.23 Å². The molecule has 0 saturated carbocycles. The first-order valence-electron chi connectivity index (χ1n) is 10.3. The van der Waals surface area contributed by atoms with E-state index in [4.69, 9.17) is 35.6 Å². The molecule has 164 valence electrons. The second-order valence-corrected chi connectivity index (χ2v) is 8.05. The van der Waals surface area contributed by atoms with Gasteiger partial charge in [-0.15, -0.1) is 0 Å². The minimum absolute atomic E-state index is 0.0181. The minimum atomic E-state index is -0.428. The summed E-state index contributed by atoms with van der Waals surface area (Å²) in [6.07, 6.45) is 0.278. The number of nitrogens with zero attached hydrogens (tertiary/aromatic N) is 2. The summed E-state index contributed by atoms with van der Waals surface area (Å²) >= 11 is 6.33. The topological polar surface area (TPSA) is 52.5 Å². The smallest absolute Gasteiger partial charge is 0.217 e. The van der Waals surface area contributed by atoms with Crippen LogP contribution in [0.2, 0.25) is 5.02 Å². The Morgan fingerprint density at radius 3 is 2.44 bits per heavy atom. The van der Waals surface area contributed by atoms with Crippen LogP contribution in [0.3, 0.4) is 0 Å². The van der Waals surface area contributed by atoms with Gasteiger partial charge < -0.3 is 18.9 Å². The fourth-order valence-electron chi connectivity index (χ4n) is 4.32. The fraction of sp³-hybridized carbons (Fsp3) is 0.240. The van der Waals surface area contributed by atoms with Crippen LogP contribution >= 0.6 is 11.6 Å². The van der Waals surface area contributed by atoms with E-state index in [9.17, 15) is 0 Å². The van der Waals surface area contributed by atoms with Crippen LogP contribution in [-0.2, 0) is 0 Å². The van der Waals surface area contributed by atoms with E-state index in [1.807, 2.05) is 65.7 Å². The van der Waals surface area contributed by atoms with Gasteiger partial charge >= 0.3 is 0 Å². The molecule has 0 spiro atoms. The van der Waals surface area contributed by atoms with Crippen molar-refractivity contribution in [2.75, 3.05) is 21.3 Å². The number of hydrogen-bond acceptors (Lipinski definition) is 6. The third-order valence-corrected chi connectivity index (χ3v) is 6.11. The van der Waals surface area contributed by atoms with Gasteiger partial charge in [0.15, 0.2) is 11.5 Å². The van der Waals surface area contributed by atoms with E-state index in [-0.39, 0.29) is 6.04 Å². The molecule has 0 aromatic heterocycles. The molecule has 0 N–H and O–H groups in total. The lowest BCUT2D eigenvalue weighted by atomic mass is 9.95. The van der Waals surface area contributed by atoms with Crippen LogP contribution in [0.25, 0.3) is 0 Å². The van der Waals surface area contributed by atoms with E-state index >= 15 is 0 Å². The number of rotatable bonds is 5. The van der Waals surface area contributed by atoms with Gasteiger partial charge in [-0.2, -0.15) is 5.10 Å². The standard InChI is InChI=1S/C25H23ClN2O4/c1-29-21-7-5-4-6-17(21)25-28-20(18-13-16(26)9-11-22(18)32-25)14-19(27-28)15-8-10-23(30-2)24(12-15)31-3/h4-13,20,25H,14H2,1-3H3/t20-,25-/m0/s1. The second kappa shape index (κ2) is 8.28. The molecule has 0 unspecified atom stereocenters. The van der Waals surface area contributed by atoms with Gasteiger partial charge in [0.1, 0.15) is 11.5 Å². The molecule has 0 radical (unpaired) electrons. The van der Waals surface area contributed by atoms with Gasteiger partial charge in [-0.1, -0.05) is 23.7 Å². The summed E-state index contributed by atoms with van der Waals surface area (Å²) in [7, 11) is 4.92. The first kappa shape index (κ1) is 20.5. The zero-order chi connectivity index (χ0) is 22.2. The maximum atomic E-state index is 6.43. The van der Waals surface area contributed by atoms with Crippen molar-refractivity contribution in [3.63, 3.8) is 0 Å². The SMILES string of the molecule is COc1ccc(C2=NN3[C@@H](C2)c2cc(Cl)ccc2O[C@H]3c2ccccc2OC)cc1OC. The normalized spacial score (nSPS) is 18.9. The highest BCUT2D eigenvalue weighted by Crippen LogP contribution is 2.49. The van der Waals surface area contributed by atoms with Crippen LogP contribution in [0, 0.1) is 0 Å². The van der Waals surface area contributed by atoms with Gasteiger partial charge in [-0.3, -0.25) is 0 Å². The summed E-state index contributed by atoms with van der Waals surface area (Å²) in [6.45, 7) is 0. The van der Waals surface area contributed by atoms with Crippen molar-refractivity contribution in [2.24, 2.45) is 5.10 Å². The Hall–Kier alpha value is -3.38. The molecule has 2 atom stereocenters. The lowest BCUT2D eigenvalue weighted by Crippen LogP contribution is -2.33. The van der Waals surface area contributed by atoms with Crippen LogP contribution in [0.4, 0.5) is 0 Å². The van der Waals surface area contributed by atoms with Crippen molar-refractivity contribution in [3.05, 3.63) is 82.4 Å². The maximum Gasteiger partial charge on any atom is 0.217 e. The number of para-hydroxylation sites is 1. The molecule has 0 fully saturated rings. The quantitative estimate of drug-likeness (QED) is 0.505. The Morgan fingerprint density at radius 2 is 1.66 bits per heavy atom. The van der Waals surface area contributed by atoms with Gasteiger partial charge in [-0.25, -0.2) is 5.01 Å². The molecule has 2 heterocycles. The number of hydrazone groups is 1. The van der Waals surface area contributed by atoms with E-state index in [2.05, 4.69) is 0 Å². The lowest BCUT2D eigenvalue weighted by Gasteiger charge is -2.38. The number of hydrogen-bond donors (Lipinski definition) is 0. The van der Waals surface area contributed by atoms with Crippen molar-refractivity contribution in [1.82, 2.24) is 5.01 Å². The predicted octanol–water partition coefficient (Wildman–Crippen LogP) is 5.61. The summed E-state index contributed by atoms with van der Waals surface area (Å²) in [5.74, 6) is 2.90. The number of halogens is 1. The van der Waals surface area contributed by atoms with E-state index in [0.717, 1.165) is 33.9 Å². The van der Waals surface area contributed by atoms with Crippen LogP contribution < -0.4 is 18.9 Å². The Kier molecular flexibility index (Phi) is 5.31. The molecule has 5 rings (SSSR count). The van der Waals surface area contributed by atoms with E-state index in [1.165, 1.54) is 0 Å². The monoisotopic (exact) mass is 450 g/mol. The molecule has 6 nitrogen and oxygen atoms in total. The molecule has 2 aliphatic heterocycles. The van der Waals surface area contributed by atoms with E-state index in [1.54, 1.807) is 21.3 Å². The largest absolute Gasteiger partial charge is 0.496 e. The summed E-state index contributed by atoms with van der Waals surface area (Å²) in [6, 6.07) is 19.4. The lowest BCUT2D eigenvalue weighted by molar-refractivity contribution is -0.0203. The zero-order valence-electron chi connectivity index (χ0n) is 18.0. The van der Waals surface area contributed by atoms with Gasteiger partial charge in [0.25, 0.3) is 0 Å². The molecule has 3 aromatic rings. The average Bonchev–Trinajstić information content (AvgIpc) is 3.29. The number of fused-ring (bicyclic) bond motifs is 3. The van der Waals surface area contributed by atoms with Crippen molar-refractivity contribution in [1.29, 1.82) is 0 Å². The third kappa shape index (κ3) is 3.41. The highest BCUT2D eigenvalue weighted by Gasteiger charge is 2.42. The summed E-state index contributed by atoms with van der Waals surface area (Å²) < 4.78 is 22.9. The first-order chi connectivity index (χ1) is 15.6. The van der Waals surface area contributed by atoms with Crippen LogP contribution in [-0.4, -0.2) is 32.0 Å². The van der Waals surface area contributed by atoms with Crippen molar-refractivity contribution in [2.45, 2.75) is 18.7 Å². The highest BCUT2D eigenvalue weighted by atomic mass is 35.5. The molecule has 0 saturated heterocycles. The molecular weight excluding hydrogens is 428 g/mol.